The lowest BCUT2D eigenvalue weighted by atomic mass is 9.97. The van der Waals surface area contributed by atoms with E-state index in [0.29, 0.717) is 18.0 Å². The van der Waals surface area contributed by atoms with E-state index >= 15 is 0 Å². The molecular weight excluding hydrogens is 350 g/mol. The monoisotopic (exact) mass is 375 g/mol. The molecule has 0 saturated carbocycles. The zero-order valence-electron chi connectivity index (χ0n) is 15.7. The number of rotatable bonds is 6. The molecule has 146 valence electrons. The molecule has 0 bridgehead atoms. The normalized spacial score (nSPS) is 16.2. The maximum Gasteiger partial charge on any atom is 0.306 e. The molecule has 1 aliphatic rings. The van der Waals surface area contributed by atoms with Gasteiger partial charge in [0.25, 0.3) is 0 Å². The van der Waals surface area contributed by atoms with Crippen LogP contribution in [0.3, 0.4) is 0 Å². The van der Waals surface area contributed by atoms with Gasteiger partial charge >= 0.3 is 5.97 Å². The highest BCUT2D eigenvalue weighted by Crippen LogP contribution is 2.33. The number of carbonyl (C=O) groups excluding carboxylic acids is 1. The van der Waals surface area contributed by atoms with Gasteiger partial charge in [0.2, 0.25) is 11.2 Å². The Kier molecular flexibility index (Phi) is 5.95. The number of hydrogen-bond acceptors (Lipinski definition) is 7. The quantitative estimate of drug-likeness (QED) is 0.768. The molecule has 0 aromatic carbocycles. The van der Waals surface area contributed by atoms with Gasteiger partial charge < -0.3 is 14.3 Å². The van der Waals surface area contributed by atoms with Gasteiger partial charge in [-0.3, -0.25) is 19.2 Å². The number of carbonyl (C=O) groups is 1. The van der Waals surface area contributed by atoms with Gasteiger partial charge in [0.05, 0.1) is 26.0 Å². The van der Waals surface area contributed by atoms with Gasteiger partial charge in [0, 0.05) is 25.0 Å². The van der Waals surface area contributed by atoms with Crippen LogP contribution in [0.15, 0.2) is 27.5 Å². The first kappa shape index (κ1) is 19.2. The van der Waals surface area contributed by atoms with E-state index in [-0.39, 0.29) is 12.2 Å². The minimum atomic E-state index is -0.668. The van der Waals surface area contributed by atoms with E-state index in [4.69, 9.17) is 9.15 Å². The zero-order valence-corrected chi connectivity index (χ0v) is 15.7. The van der Waals surface area contributed by atoms with Crippen molar-refractivity contribution in [2.24, 2.45) is 7.05 Å². The fourth-order valence-electron chi connectivity index (χ4n) is 3.51. The van der Waals surface area contributed by atoms with Crippen LogP contribution < -0.4 is 5.43 Å². The fraction of sp³-hybridized carbons (Fsp3) is 0.526. The molecule has 0 aliphatic carbocycles. The molecule has 0 radical (unpaired) electrons. The van der Waals surface area contributed by atoms with Crippen molar-refractivity contribution in [2.45, 2.75) is 38.1 Å². The van der Waals surface area contributed by atoms with E-state index in [0.717, 1.165) is 25.9 Å². The number of likely N-dealkylation sites (tertiary alicyclic amines) is 1. The van der Waals surface area contributed by atoms with Gasteiger partial charge in [-0.2, -0.15) is 5.10 Å². The van der Waals surface area contributed by atoms with Crippen LogP contribution in [-0.4, -0.2) is 46.0 Å². The number of aromatic hydroxyl groups is 1. The molecule has 0 spiro atoms. The van der Waals surface area contributed by atoms with E-state index in [1.165, 1.54) is 19.6 Å². The molecule has 2 aromatic heterocycles. The lowest BCUT2D eigenvalue weighted by Gasteiger charge is -2.26. The van der Waals surface area contributed by atoms with Crippen LogP contribution in [0.1, 0.15) is 48.8 Å². The van der Waals surface area contributed by atoms with Crippen LogP contribution in [0.25, 0.3) is 0 Å². The summed E-state index contributed by atoms with van der Waals surface area (Å²) < 4.78 is 12.3. The van der Waals surface area contributed by atoms with E-state index in [1.54, 1.807) is 24.0 Å². The van der Waals surface area contributed by atoms with E-state index in [1.807, 2.05) is 0 Å². The predicted octanol–water partition coefficient (Wildman–Crippen LogP) is 1.76. The third-order valence-electron chi connectivity index (χ3n) is 4.96. The summed E-state index contributed by atoms with van der Waals surface area (Å²) in [6.07, 6.45) is 4.97. The van der Waals surface area contributed by atoms with Crippen LogP contribution in [0, 0.1) is 0 Å². The maximum absolute atomic E-state index is 12.3. The van der Waals surface area contributed by atoms with Crippen LogP contribution in [0.2, 0.25) is 0 Å². The predicted molar refractivity (Wildman–Crippen MR) is 97.5 cm³/mol. The lowest BCUT2D eigenvalue weighted by Crippen LogP contribution is -2.29. The van der Waals surface area contributed by atoms with Gasteiger partial charge in [-0.15, -0.1) is 0 Å². The second-order valence-corrected chi connectivity index (χ2v) is 6.84. The molecule has 1 aliphatic heterocycles. The Morgan fingerprint density at radius 3 is 2.74 bits per heavy atom. The fourth-order valence-corrected chi connectivity index (χ4v) is 3.51. The first-order valence-electron chi connectivity index (χ1n) is 9.12. The maximum atomic E-state index is 12.3. The number of methoxy groups -OCH3 is 1. The molecule has 1 saturated heterocycles. The number of nitrogens with zero attached hydrogens (tertiary/aromatic N) is 3. The van der Waals surface area contributed by atoms with Crippen molar-refractivity contribution in [3.8, 4) is 5.75 Å². The summed E-state index contributed by atoms with van der Waals surface area (Å²) >= 11 is 0. The smallest absolute Gasteiger partial charge is 0.306 e. The average molecular weight is 375 g/mol. The number of aromatic nitrogens is 2. The molecule has 8 heteroatoms. The van der Waals surface area contributed by atoms with Crippen molar-refractivity contribution >= 4 is 5.97 Å². The van der Waals surface area contributed by atoms with Crippen molar-refractivity contribution in [1.82, 2.24) is 14.7 Å². The molecule has 8 nitrogen and oxygen atoms in total. The topological polar surface area (TPSA) is 97.8 Å². The van der Waals surface area contributed by atoms with Gasteiger partial charge in [0.1, 0.15) is 5.76 Å². The molecule has 1 N–H and O–H groups in total. The Hall–Kier alpha value is -2.61. The van der Waals surface area contributed by atoms with Crippen molar-refractivity contribution in [3.05, 3.63) is 45.8 Å². The molecule has 3 heterocycles. The zero-order chi connectivity index (χ0) is 19.4. The summed E-state index contributed by atoms with van der Waals surface area (Å²) in [6.45, 7) is 2.40. The Morgan fingerprint density at radius 1 is 1.37 bits per heavy atom. The second-order valence-electron chi connectivity index (χ2n) is 6.84. The van der Waals surface area contributed by atoms with Crippen molar-refractivity contribution in [2.75, 3.05) is 20.2 Å². The van der Waals surface area contributed by atoms with E-state index in [9.17, 15) is 14.7 Å². The largest absolute Gasteiger partial charge is 0.502 e. The Bertz CT molecular complexity index is 851. The molecule has 1 unspecified atom stereocenters. The standard InChI is InChI=1S/C19H25N3O5/c1-21-15(6-7-20-21)14(11-17(24)26-2)19-18(25)16(23)10-13(27-19)12-22-8-4-3-5-9-22/h6-7,10,14,25H,3-5,8-9,11-12H2,1-2H3. The van der Waals surface area contributed by atoms with Crippen LogP contribution >= 0.6 is 0 Å². The van der Waals surface area contributed by atoms with Crippen molar-refractivity contribution in [1.29, 1.82) is 0 Å². The van der Waals surface area contributed by atoms with E-state index < -0.39 is 23.1 Å². The first-order valence-corrected chi connectivity index (χ1v) is 9.12. The Labute approximate surface area is 157 Å². The molecule has 2 aromatic rings. The number of piperidine rings is 1. The lowest BCUT2D eigenvalue weighted by molar-refractivity contribution is -0.141. The van der Waals surface area contributed by atoms with Gasteiger partial charge in [0.15, 0.2) is 5.76 Å². The van der Waals surface area contributed by atoms with Crippen LogP contribution in [0.4, 0.5) is 0 Å². The van der Waals surface area contributed by atoms with Gasteiger partial charge in [-0.05, 0) is 32.0 Å². The summed E-state index contributed by atoms with van der Waals surface area (Å²) in [5.74, 6) is -1.06. The average Bonchev–Trinajstić information content (AvgIpc) is 3.09. The number of ether oxygens (including phenoxy) is 1. The van der Waals surface area contributed by atoms with Gasteiger partial charge in [-0.25, -0.2) is 0 Å². The minimum absolute atomic E-state index is 0.0697. The summed E-state index contributed by atoms with van der Waals surface area (Å²) in [5, 5.41) is 14.5. The highest BCUT2D eigenvalue weighted by atomic mass is 16.5. The number of hydrogen-bond donors (Lipinski definition) is 1. The summed E-state index contributed by atoms with van der Waals surface area (Å²) in [5.41, 5.74) is 0.134. The van der Waals surface area contributed by atoms with Crippen LogP contribution in [-0.2, 0) is 23.1 Å². The van der Waals surface area contributed by atoms with Crippen molar-refractivity contribution < 1.29 is 19.1 Å². The Balaban J connectivity index is 1.98. The van der Waals surface area contributed by atoms with E-state index in [2.05, 4.69) is 10.00 Å². The van der Waals surface area contributed by atoms with Gasteiger partial charge in [-0.1, -0.05) is 6.42 Å². The van der Waals surface area contributed by atoms with Crippen LogP contribution in [0.5, 0.6) is 5.75 Å². The molecule has 3 rings (SSSR count). The molecule has 27 heavy (non-hydrogen) atoms. The number of aryl methyl sites for hydroxylation is 1. The molecular formula is C19H25N3O5. The third kappa shape index (κ3) is 4.39. The van der Waals surface area contributed by atoms with Crippen molar-refractivity contribution in [3.63, 3.8) is 0 Å². The molecule has 1 atom stereocenters. The third-order valence-corrected chi connectivity index (χ3v) is 4.96. The molecule has 0 amide bonds. The highest BCUT2D eigenvalue weighted by Gasteiger charge is 2.29. The minimum Gasteiger partial charge on any atom is -0.502 e. The number of esters is 1. The second kappa shape index (κ2) is 8.39. The highest BCUT2D eigenvalue weighted by molar-refractivity contribution is 5.71. The summed E-state index contributed by atoms with van der Waals surface area (Å²) in [4.78, 5) is 26.5. The first-order chi connectivity index (χ1) is 13.0. The SMILES string of the molecule is COC(=O)CC(c1oc(CN2CCCCC2)cc(=O)c1O)c1ccnn1C. The molecule has 1 fully saturated rings. The summed E-state index contributed by atoms with van der Waals surface area (Å²) in [6, 6.07) is 3.05. The Morgan fingerprint density at radius 2 is 2.11 bits per heavy atom. The summed E-state index contributed by atoms with van der Waals surface area (Å²) in [7, 11) is 3.03.